The number of nitrogens with two attached hydrogens (primary N) is 1. The van der Waals surface area contributed by atoms with Crippen molar-refractivity contribution in [3.8, 4) is 5.75 Å². The van der Waals surface area contributed by atoms with E-state index in [-0.39, 0.29) is 22.4 Å². The van der Waals surface area contributed by atoms with E-state index >= 15 is 0 Å². The molecule has 0 bridgehead atoms. The minimum absolute atomic E-state index is 0.0661. The molecule has 0 unspecified atom stereocenters. The maximum absolute atomic E-state index is 12.7. The van der Waals surface area contributed by atoms with Crippen LogP contribution in [0.5, 0.6) is 5.75 Å². The van der Waals surface area contributed by atoms with E-state index in [0.717, 1.165) is 20.3 Å². The largest absolute Gasteiger partial charge is 0.497 e. The number of hydrogen-bond acceptors (Lipinski definition) is 7. The fourth-order valence-corrected chi connectivity index (χ4v) is 1.92. The molecule has 0 aromatic heterocycles. The van der Waals surface area contributed by atoms with Gasteiger partial charge in [-0.2, -0.15) is 0 Å². The summed E-state index contributed by atoms with van der Waals surface area (Å²) in [4.78, 5) is 36.2. The van der Waals surface area contributed by atoms with Crippen molar-refractivity contribution in [2.24, 2.45) is 5.73 Å². The first-order valence-electron chi connectivity index (χ1n) is 6.89. The van der Waals surface area contributed by atoms with Gasteiger partial charge in [0.05, 0.1) is 32.5 Å². The van der Waals surface area contributed by atoms with Crippen LogP contribution in [0.15, 0.2) is 47.2 Å². The molecule has 0 amide bonds. The van der Waals surface area contributed by atoms with Crippen LogP contribution in [0.3, 0.4) is 0 Å². The molecule has 1 aromatic carbocycles. The Morgan fingerprint density at radius 2 is 1.58 bits per heavy atom. The molecule has 0 aliphatic heterocycles. The van der Waals surface area contributed by atoms with Crippen molar-refractivity contribution in [2.45, 2.75) is 6.92 Å². The Kier molecular flexibility index (Phi) is 6.73. The van der Waals surface area contributed by atoms with Crippen LogP contribution in [0.2, 0.25) is 0 Å². The smallest absolute Gasteiger partial charge is 0.338 e. The molecule has 7 nitrogen and oxygen atoms in total. The van der Waals surface area contributed by atoms with Crippen LogP contribution < -0.4 is 10.5 Å². The Morgan fingerprint density at radius 3 is 2.00 bits per heavy atom. The van der Waals surface area contributed by atoms with Crippen LogP contribution in [-0.4, -0.2) is 39.1 Å². The fraction of sp³-hybridized carbons (Fsp3) is 0.235. The standard InChI is InChI=1S/C17H19NO6/c1-10(18)15(13(17(21)24-4)9-14(19)23-3)16(20)11-5-7-12(22-2)8-6-11/h5-9H,18H2,1-4H3/b13-9+,15-10-. The topological polar surface area (TPSA) is 105 Å². The second-order valence-electron chi connectivity index (χ2n) is 4.69. The van der Waals surface area contributed by atoms with Gasteiger partial charge in [0, 0.05) is 17.3 Å². The highest BCUT2D eigenvalue weighted by Crippen LogP contribution is 2.22. The molecular formula is C17H19NO6. The zero-order valence-corrected chi connectivity index (χ0v) is 13.9. The molecule has 0 radical (unpaired) electrons. The van der Waals surface area contributed by atoms with Crippen molar-refractivity contribution in [1.29, 1.82) is 0 Å². The van der Waals surface area contributed by atoms with E-state index in [0.29, 0.717) is 5.75 Å². The first-order valence-corrected chi connectivity index (χ1v) is 6.89. The average Bonchev–Trinajstić information content (AvgIpc) is 2.59. The third-order valence-electron chi connectivity index (χ3n) is 3.11. The van der Waals surface area contributed by atoms with Crippen LogP contribution in [0.4, 0.5) is 0 Å². The summed E-state index contributed by atoms with van der Waals surface area (Å²) in [6.45, 7) is 1.45. The van der Waals surface area contributed by atoms with Gasteiger partial charge in [-0.1, -0.05) is 0 Å². The normalized spacial score (nSPS) is 12.1. The minimum atomic E-state index is -0.873. The number of Topliss-reactive ketones (excluding diaryl/α,β-unsaturated/α-hetero) is 1. The molecule has 0 aliphatic rings. The average molecular weight is 333 g/mol. The Bertz CT molecular complexity index is 696. The van der Waals surface area contributed by atoms with Gasteiger partial charge in [-0.15, -0.1) is 0 Å². The van der Waals surface area contributed by atoms with E-state index in [1.54, 1.807) is 12.1 Å². The molecule has 2 N–H and O–H groups in total. The number of esters is 2. The first-order chi connectivity index (χ1) is 11.3. The van der Waals surface area contributed by atoms with E-state index < -0.39 is 17.7 Å². The highest BCUT2D eigenvalue weighted by molar-refractivity contribution is 6.19. The summed E-state index contributed by atoms with van der Waals surface area (Å²) in [5, 5.41) is 0. The molecule has 7 heteroatoms. The highest BCUT2D eigenvalue weighted by atomic mass is 16.5. The van der Waals surface area contributed by atoms with Crippen LogP contribution in [0.25, 0.3) is 0 Å². The molecule has 0 aliphatic carbocycles. The number of carbonyl (C=O) groups is 3. The Hall–Kier alpha value is -3.09. The number of hydrogen-bond donors (Lipinski definition) is 1. The lowest BCUT2D eigenvalue weighted by Crippen LogP contribution is -2.19. The Labute approximate surface area is 139 Å². The van der Waals surface area contributed by atoms with Gasteiger partial charge >= 0.3 is 11.9 Å². The summed E-state index contributed by atoms with van der Waals surface area (Å²) in [5.41, 5.74) is 5.71. The van der Waals surface area contributed by atoms with Gasteiger partial charge in [-0.05, 0) is 31.2 Å². The number of allylic oxidation sites excluding steroid dienone is 1. The summed E-state index contributed by atoms with van der Waals surface area (Å²) in [6, 6.07) is 6.24. The maximum atomic E-state index is 12.7. The van der Waals surface area contributed by atoms with Gasteiger partial charge in [-0.3, -0.25) is 4.79 Å². The quantitative estimate of drug-likeness (QED) is 0.363. The monoisotopic (exact) mass is 333 g/mol. The number of rotatable bonds is 6. The molecule has 0 saturated heterocycles. The Morgan fingerprint density at radius 1 is 1.00 bits per heavy atom. The highest BCUT2D eigenvalue weighted by Gasteiger charge is 2.25. The van der Waals surface area contributed by atoms with Gasteiger partial charge in [0.15, 0.2) is 5.78 Å². The van der Waals surface area contributed by atoms with Crippen molar-refractivity contribution < 1.29 is 28.6 Å². The van der Waals surface area contributed by atoms with E-state index in [1.165, 1.54) is 26.2 Å². The lowest BCUT2D eigenvalue weighted by Gasteiger charge is -2.12. The third-order valence-corrected chi connectivity index (χ3v) is 3.11. The minimum Gasteiger partial charge on any atom is -0.497 e. The van der Waals surface area contributed by atoms with Crippen LogP contribution >= 0.6 is 0 Å². The van der Waals surface area contributed by atoms with Gasteiger partial charge in [0.1, 0.15) is 5.75 Å². The third kappa shape index (κ3) is 4.45. The summed E-state index contributed by atoms with van der Waals surface area (Å²) in [6.07, 6.45) is 0.874. The van der Waals surface area contributed by atoms with Gasteiger partial charge in [0.25, 0.3) is 0 Å². The van der Waals surface area contributed by atoms with Crippen molar-refractivity contribution >= 4 is 17.7 Å². The van der Waals surface area contributed by atoms with Crippen LogP contribution in [-0.2, 0) is 19.1 Å². The number of methoxy groups -OCH3 is 3. The fourth-order valence-electron chi connectivity index (χ4n) is 1.92. The molecule has 128 valence electrons. The van der Waals surface area contributed by atoms with Crippen LogP contribution in [0, 0.1) is 0 Å². The number of ether oxygens (including phenoxy) is 3. The van der Waals surface area contributed by atoms with E-state index in [2.05, 4.69) is 9.47 Å². The van der Waals surface area contributed by atoms with E-state index in [1.807, 2.05) is 0 Å². The molecule has 1 aromatic rings. The van der Waals surface area contributed by atoms with Gasteiger partial charge in [0.2, 0.25) is 0 Å². The summed E-state index contributed by atoms with van der Waals surface area (Å²) < 4.78 is 14.2. The van der Waals surface area contributed by atoms with Gasteiger partial charge in [-0.25, -0.2) is 9.59 Å². The lowest BCUT2D eigenvalue weighted by atomic mass is 9.94. The summed E-state index contributed by atoms with van der Waals surface area (Å²) in [7, 11) is 3.78. The molecule has 0 fully saturated rings. The predicted molar refractivity (Wildman–Crippen MR) is 86.3 cm³/mol. The maximum Gasteiger partial charge on any atom is 0.338 e. The van der Waals surface area contributed by atoms with Crippen molar-refractivity contribution in [2.75, 3.05) is 21.3 Å². The van der Waals surface area contributed by atoms with E-state index in [4.69, 9.17) is 10.5 Å². The van der Waals surface area contributed by atoms with Gasteiger partial charge < -0.3 is 19.9 Å². The second kappa shape index (κ2) is 8.52. The Balaban J connectivity index is 3.40. The van der Waals surface area contributed by atoms with Crippen molar-refractivity contribution in [3.05, 3.63) is 52.7 Å². The number of ketones is 1. The molecule has 24 heavy (non-hydrogen) atoms. The number of carbonyl (C=O) groups excluding carboxylic acids is 3. The second-order valence-corrected chi connectivity index (χ2v) is 4.69. The summed E-state index contributed by atoms with van der Waals surface area (Å²) in [5.74, 6) is -1.64. The predicted octanol–water partition coefficient (Wildman–Crippen LogP) is 1.38. The molecule has 1 rings (SSSR count). The zero-order chi connectivity index (χ0) is 18.3. The summed E-state index contributed by atoms with van der Waals surface area (Å²) >= 11 is 0. The molecule has 0 atom stereocenters. The molecule has 0 saturated carbocycles. The molecule has 0 heterocycles. The first kappa shape index (κ1) is 19.0. The molecular weight excluding hydrogens is 314 g/mol. The SMILES string of the molecule is COC(=O)/C=C(C(=O)OC)\C(C(=O)c1ccc(OC)cc1)=C(/C)N. The lowest BCUT2D eigenvalue weighted by molar-refractivity contribution is -0.138. The molecule has 0 spiro atoms. The zero-order valence-electron chi connectivity index (χ0n) is 13.9. The number of benzene rings is 1. The van der Waals surface area contributed by atoms with Crippen LogP contribution in [0.1, 0.15) is 17.3 Å². The van der Waals surface area contributed by atoms with E-state index in [9.17, 15) is 14.4 Å². The van der Waals surface area contributed by atoms with Crippen molar-refractivity contribution in [1.82, 2.24) is 0 Å². The van der Waals surface area contributed by atoms with Crippen molar-refractivity contribution in [3.63, 3.8) is 0 Å².